The van der Waals surface area contributed by atoms with Crippen LogP contribution in [0, 0.1) is 6.92 Å². The van der Waals surface area contributed by atoms with Gasteiger partial charge in [-0.2, -0.15) is 5.10 Å². The van der Waals surface area contributed by atoms with Gasteiger partial charge in [0.2, 0.25) is 0 Å². The third kappa shape index (κ3) is 3.70. The highest BCUT2D eigenvalue weighted by Gasteiger charge is 2.17. The van der Waals surface area contributed by atoms with E-state index in [4.69, 9.17) is 11.6 Å². The molecule has 1 N–H and O–H groups in total. The molecule has 2 heterocycles. The first kappa shape index (κ1) is 18.7. The van der Waals surface area contributed by atoms with Gasteiger partial charge in [0.15, 0.2) is 0 Å². The Morgan fingerprint density at radius 2 is 1.93 bits per heavy atom. The van der Waals surface area contributed by atoms with Crippen LogP contribution < -0.4 is 16.6 Å². The topological polar surface area (TPSA) is 90.9 Å². The summed E-state index contributed by atoms with van der Waals surface area (Å²) in [5, 5.41) is 7.64. The highest BCUT2D eigenvalue weighted by Crippen LogP contribution is 2.18. The molecule has 0 fully saturated rings. The predicted octanol–water partition coefficient (Wildman–Crippen LogP) is 1.54. The van der Waals surface area contributed by atoms with Crippen molar-refractivity contribution in [1.29, 1.82) is 0 Å². The number of hydrogen-bond acceptors (Lipinski definition) is 4. The van der Waals surface area contributed by atoms with Gasteiger partial charge in [-0.3, -0.25) is 18.7 Å². The van der Waals surface area contributed by atoms with Gasteiger partial charge < -0.3 is 5.32 Å². The SMILES string of the molecule is Cc1cnn(Cc2cccc(Cl)c2)c1NC(=O)c1cc(=O)n(C)c(=O)n1C. The number of nitrogens with one attached hydrogen (secondary N) is 1. The van der Waals surface area contributed by atoms with Gasteiger partial charge in [0.05, 0.1) is 12.7 Å². The second-order valence-corrected chi connectivity index (χ2v) is 6.62. The van der Waals surface area contributed by atoms with Crippen LogP contribution in [0.25, 0.3) is 0 Å². The van der Waals surface area contributed by atoms with E-state index in [2.05, 4.69) is 10.4 Å². The molecule has 0 aliphatic carbocycles. The zero-order chi connectivity index (χ0) is 19.7. The van der Waals surface area contributed by atoms with E-state index in [0.29, 0.717) is 17.4 Å². The Morgan fingerprint density at radius 1 is 1.19 bits per heavy atom. The van der Waals surface area contributed by atoms with Crippen LogP contribution in [0.4, 0.5) is 5.82 Å². The quantitative estimate of drug-likeness (QED) is 0.735. The fourth-order valence-electron chi connectivity index (χ4n) is 2.69. The lowest BCUT2D eigenvalue weighted by Crippen LogP contribution is -2.40. The molecule has 0 aliphatic rings. The third-order valence-electron chi connectivity index (χ3n) is 4.23. The molecular formula is C18H18ClN5O3. The Labute approximate surface area is 159 Å². The van der Waals surface area contributed by atoms with E-state index in [1.807, 2.05) is 18.2 Å². The predicted molar refractivity (Wildman–Crippen MR) is 102 cm³/mol. The summed E-state index contributed by atoms with van der Waals surface area (Å²) >= 11 is 6.02. The van der Waals surface area contributed by atoms with E-state index in [-0.39, 0.29) is 5.69 Å². The van der Waals surface area contributed by atoms with Crippen LogP contribution in [0.2, 0.25) is 5.02 Å². The number of amides is 1. The average Bonchev–Trinajstić information content (AvgIpc) is 2.96. The molecule has 8 nitrogen and oxygen atoms in total. The first-order chi connectivity index (χ1) is 12.8. The van der Waals surface area contributed by atoms with Gasteiger partial charge in [0.25, 0.3) is 11.5 Å². The molecule has 140 valence electrons. The van der Waals surface area contributed by atoms with Crippen molar-refractivity contribution in [3.05, 3.63) is 79.2 Å². The molecule has 0 saturated carbocycles. The van der Waals surface area contributed by atoms with Crippen LogP contribution in [-0.4, -0.2) is 24.8 Å². The number of halogens is 1. The summed E-state index contributed by atoms with van der Waals surface area (Å²) in [4.78, 5) is 36.6. The molecule has 1 amide bonds. The van der Waals surface area contributed by atoms with Crippen molar-refractivity contribution >= 4 is 23.3 Å². The first-order valence-corrected chi connectivity index (χ1v) is 8.51. The number of rotatable bonds is 4. The number of nitrogens with zero attached hydrogens (tertiary/aromatic N) is 4. The molecule has 3 rings (SSSR count). The standard InChI is InChI=1S/C18H18ClN5O3/c1-11-9-20-24(10-12-5-4-6-13(19)7-12)16(11)21-17(26)14-8-15(25)23(3)18(27)22(14)2/h4-9H,10H2,1-3H3,(H,21,26). The smallest absolute Gasteiger partial charge is 0.305 e. The van der Waals surface area contributed by atoms with Crippen LogP contribution in [0.1, 0.15) is 21.6 Å². The van der Waals surface area contributed by atoms with E-state index in [1.54, 1.807) is 23.9 Å². The highest BCUT2D eigenvalue weighted by atomic mass is 35.5. The number of carbonyl (C=O) groups excluding carboxylic acids is 1. The van der Waals surface area contributed by atoms with Crippen molar-refractivity contribution in [1.82, 2.24) is 18.9 Å². The summed E-state index contributed by atoms with van der Waals surface area (Å²) in [7, 11) is 2.80. The summed E-state index contributed by atoms with van der Waals surface area (Å²) in [6, 6.07) is 8.46. The Morgan fingerprint density at radius 3 is 2.63 bits per heavy atom. The first-order valence-electron chi connectivity index (χ1n) is 8.13. The van der Waals surface area contributed by atoms with Crippen molar-refractivity contribution in [3.63, 3.8) is 0 Å². The molecule has 0 saturated heterocycles. The Kier molecular flexibility index (Phi) is 5.00. The number of carbonyl (C=O) groups is 1. The molecule has 0 bridgehead atoms. The number of aryl methyl sites for hydroxylation is 1. The van der Waals surface area contributed by atoms with Crippen molar-refractivity contribution in [2.24, 2.45) is 14.1 Å². The van der Waals surface area contributed by atoms with Gasteiger partial charge in [0.1, 0.15) is 11.5 Å². The monoisotopic (exact) mass is 387 g/mol. The molecular weight excluding hydrogens is 370 g/mol. The Balaban J connectivity index is 1.93. The maximum Gasteiger partial charge on any atom is 0.331 e. The normalized spacial score (nSPS) is 10.8. The molecule has 9 heteroatoms. The van der Waals surface area contributed by atoms with Gasteiger partial charge >= 0.3 is 5.69 Å². The van der Waals surface area contributed by atoms with E-state index in [1.165, 1.54) is 14.1 Å². The third-order valence-corrected chi connectivity index (χ3v) is 4.47. The van der Waals surface area contributed by atoms with Gasteiger partial charge in [-0.25, -0.2) is 9.48 Å². The summed E-state index contributed by atoms with van der Waals surface area (Å²) in [6.07, 6.45) is 1.63. The van der Waals surface area contributed by atoms with Crippen molar-refractivity contribution in [2.45, 2.75) is 13.5 Å². The van der Waals surface area contributed by atoms with Crippen LogP contribution in [-0.2, 0) is 20.6 Å². The zero-order valence-corrected chi connectivity index (χ0v) is 15.8. The zero-order valence-electron chi connectivity index (χ0n) is 15.1. The molecule has 0 atom stereocenters. The van der Waals surface area contributed by atoms with E-state index in [9.17, 15) is 14.4 Å². The summed E-state index contributed by atoms with van der Waals surface area (Å²) < 4.78 is 3.69. The van der Waals surface area contributed by atoms with Gasteiger partial charge in [-0.1, -0.05) is 23.7 Å². The van der Waals surface area contributed by atoms with Crippen LogP contribution >= 0.6 is 11.6 Å². The fourth-order valence-corrected chi connectivity index (χ4v) is 2.91. The minimum absolute atomic E-state index is 0.0296. The van der Waals surface area contributed by atoms with E-state index >= 15 is 0 Å². The fraction of sp³-hybridized carbons (Fsp3) is 0.222. The molecule has 0 unspecified atom stereocenters. The summed E-state index contributed by atoms with van der Waals surface area (Å²) in [6.45, 7) is 2.21. The minimum Gasteiger partial charge on any atom is -0.305 e. The number of benzene rings is 1. The molecule has 1 aromatic carbocycles. The van der Waals surface area contributed by atoms with Gasteiger partial charge in [-0.05, 0) is 24.6 Å². The van der Waals surface area contributed by atoms with Crippen molar-refractivity contribution < 1.29 is 4.79 Å². The van der Waals surface area contributed by atoms with Crippen molar-refractivity contribution in [2.75, 3.05) is 5.32 Å². The second kappa shape index (κ2) is 7.24. The number of aromatic nitrogens is 4. The average molecular weight is 388 g/mol. The molecule has 0 spiro atoms. The number of anilines is 1. The van der Waals surface area contributed by atoms with Crippen LogP contribution in [0.5, 0.6) is 0 Å². The molecule has 27 heavy (non-hydrogen) atoms. The van der Waals surface area contributed by atoms with E-state index in [0.717, 1.165) is 26.3 Å². The lowest BCUT2D eigenvalue weighted by atomic mass is 10.2. The van der Waals surface area contributed by atoms with Crippen LogP contribution in [0.15, 0.2) is 46.1 Å². The van der Waals surface area contributed by atoms with Gasteiger partial charge in [-0.15, -0.1) is 0 Å². The highest BCUT2D eigenvalue weighted by molar-refractivity contribution is 6.30. The molecule has 0 radical (unpaired) electrons. The second-order valence-electron chi connectivity index (χ2n) is 6.19. The molecule has 3 aromatic rings. The Hall–Kier alpha value is -3.13. The largest absolute Gasteiger partial charge is 0.331 e. The van der Waals surface area contributed by atoms with Crippen molar-refractivity contribution in [3.8, 4) is 0 Å². The Bertz CT molecular complexity index is 1140. The van der Waals surface area contributed by atoms with Gasteiger partial charge in [0, 0.05) is 30.7 Å². The lowest BCUT2D eigenvalue weighted by molar-refractivity contribution is 0.101. The maximum atomic E-state index is 12.7. The molecule has 2 aromatic heterocycles. The molecule has 0 aliphatic heterocycles. The summed E-state index contributed by atoms with van der Waals surface area (Å²) in [5.41, 5.74) is 0.517. The van der Waals surface area contributed by atoms with E-state index < -0.39 is 17.2 Å². The number of hydrogen-bond donors (Lipinski definition) is 1. The maximum absolute atomic E-state index is 12.7. The van der Waals surface area contributed by atoms with Crippen LogP contribution in [0.3, 0.4) is 0 Å². The summed E-state index contributed by atoms with van der Waals surface area (Å²) in [5.74, 6) is -0.0867. The lowest BCUT2D eigenvalue weighted by Gasteiger charge is -2.13. The minimum atomic E-state index is -0.572.